The van der Waals surface area contributed by atoms with Crippen molar-refractivity contribution in [3.8, 4) is 11.5 Å². The van der Waals surface area contributed by atoms with E-state index < -0.39 is 0 Å². The molecule has 0 saturated carbocycles. The van der Waals surface area contributed by atoms with Crippen molar-refractivity contribution in [2.24, 2.45) is 5.92 Å². The third-order valence-electron chi connectivity index (χ3n) is 6.91. The maximum absolute atomic E-state index is 12.6. The van der Waals surface area contributed by atoms with E-state index in [9.17, 15) is 9.59 Å². The van der Waals surface area contributed by atoms with Crippen molar-refractivity contribution >= 4 is 11.7 Å². The molecular formula is C28H27NO4. The van der Waals surface area contributed by atoms with Crippen LogP contribution in [0.15, 0.2) is 66.7 Å². The molecule has 3 aliphatic carbocycles. The molecule has 168 valence electrons. The van der Waals surface area contributed by atoms with Crippen molar-refractivity contribution in [2.45, 2.75) is 25.2 Å². The second-order valence-corrected chi connectivity index (χ2v) is 8.80. The van der Waals surface area contributed by atoms with Crippen molar-refractivity contribution in [1.29, 1.82) is 0 Å². The predicted molar refractivity (Wildman–Crippen MR) is 126 cm³/mol. The smallest absolute Gasteiger partial charge is 0.257 e. The first-order chi connectivity index (χ1) is 16.1. The molecule has 0 heterocycles. The van der Waals surface area contributed by atoms with Crippen molar-refractivity contribution < 1.29 is 19.1 Å². The zero-order valence-electron chi connectivity index (χ0n) is 18.8. The Morgan fingerprint density at radius 3 is 2.15 bits per heavy atom. The number of rotatable bonds is 7. The average molecular weight is 442 g/mol. The van der Waals surface area contributed by atoms with Crippen LogP contribution in [0.2, 0.25) is 0 Å². The summed E-state index contributed by atoms with van der Waals surface area (Å²) in [5.41, 5.74) is 6.16. The van der Waals surface area contributed by atoms with Crippen LogP contribution >= 0.6 is 0 Å². The fraction of sp³-hybridized carbons (Fsp3) is 0.286. The highest BCUT2D eigenvalue weighted by Gasteiger charge is 2.42. The van der Waals surface area contributed by atoms with E-state index in [2.05, 4.69) is 53.8 Å². The normalized spacial score (nSPS) is 19.9. The highest BCUT2D eigenvalue weighted by atomic mass is 16.5. The van der Waals surface area contributed by atoms with Crippen molar-refractivity contribution in [3.05, 3.63) is 94.5 Å². The van der Waals surface area contributed by atoms with Gasteiger partial charge in [0, 0.05) is 23.9 Å². The Morgan fingerprint density at radius 1 is 0.909 bits per heavy atom. The Hall–Kier alpha value is -3.60. The Bertz CT molecular complexity index is 1170. The molecule has 3 aliphatic rings. The van der Waals surface area contributed by atoms with Crippen LogP contribution in [0.3, 0.4) is 0 Å². The lowest BCUT2D eigenvalue weighted by Crippen LogP contribution is -2.40. The van der Waals surface area contributed by atoms with E-state index in [1.165, 1.54) is 36.3 Å². The molecule has 0 spiro atoms. The van der Waals surface area contributed by atoms with Crippen LogP contribution in [0.5, 0.6) is 11.5 Å². The molecule has 0 aromatic heterocycles. The van der Waals surface area contributed by atoms with Crippen LogP contribution in [-0.4, -0.2) is 32.0 Å². The summed E-state index contributed by atoms with van der Waals surface area (Å²) in [7, 11) is 1.51. The number of methoxy groups -OCH3 is 1. The second-order valence-electron chi connectivity index (χ2n) is 8.80. The lowest BCUT2D eigenvalue weighted by molar-refractivity contribution is -0.123. The van der Waals surface area contributed by atoms with Gasteiger partial charge in [-0.15, -0.1) is 0 Å². The molecular weight excluding hydrogens is 414 g/mol. The van der Waals surface area contributed by atoms with E-state index in [4.69, 9.17) is 9.47 Å². The quantitative estimate of drug-likeness (QED) is 0.540. The molecule has 1 N–H and O–H groups in total. The highest BCUT2D eigenvalue weighted by Crippen LogP contribution is 2.55. The lowest BCUT2D eigenvalue weighted by atomic mass is 9.59. The van der Waals surface area contributed by atoms with Gasteiger partial charge < -0.3 is 14.8 Å². The molecule has 3 aromatic carbocycles. The van der Waals surface area contributed by atoms with Crippen molar-refractivity contribution in [3.63, 3.8) is 0 Å². The van der Waals surface area contributed by atoms with Gasteiger partial charge in [0.2, 0.25) is 0 Å². The molecule has 6 rings (SSSR count). The van der Waals surface area contributed by atoms with E-state index in [0.29, 0.717) is 41.4 Å². The van der Waals surface area contributed by atoms with Crippen LogP contribution in [-0.2, 0) is 4.79 Å². The number of hydrogen-bond acceptors (Lipinski definition) is 4. The minimum Gasteiger partial charge on any atom is -0.493 e. The van der Waals surface area contributed by atoms with E-state index >= 15 is 0 Å². The van der Waals surface area contributed by atoms with E-state index in [1.807, 2.05) is 0 Å². The summed E-state index contributed by atoms with van der Waals surface area (Å²) < 4.78 is 11.0. The van der Waals surface area contributed by atoms with Gasteiger partial charge in [-0.25, -0.2) is 0 Å². The van der Waals surface area contributed by atoms with Crippen LogP contribution in [0.25, 0.3) is 0 Å². The van der Waals surface area contributed by atoms with Gasteiger partial charge in [0.25, 0.3) is 5.91 Å². The number of carbonyl (C=O) groups excluding carboxylic acids is 2. The third-order valence-corrected chi connectivity index (χ3v) is 6.91. The number of amides is 1. The monoisotopic (exact) mass is 441 g/mol. The number of hydrogen-bond donors (Lipinski definition) is 1. The lowest BCUT2D eigenvalue weighted by Gasteiger charge is -2.45. The summed E-state index contributed by atoms with van der Waals surface area (Å²) in [4.78, 5) is 24.2. The third kappa shape index (κ3) is 3.88. The molecule has 3 aromatic rings. The summed E-state index contributed by atoms with van der Waals surface area (Å²) in [6, 6.07) is 22.4. The fourth-order valence-electron chi connectivity index (χ4n) is 5.40. The number of Topliss-reactive ketones (excluding diaryl/α,β-unsaturated/α-hetero) is 1. The summed E-state index contributed by atoms with van der Waals surface area (Å²) in [6.45, 7) is 1.99. The Balaban J connectivity index is 1.25. The zero-order valence-corrected chi connectivity index (χ0v) is 18.8. The summed E-state index contributed by atoms with van der Waals surface area (Å²) >= 11 is 0. The number of carbonyl (C=O) groups is 2. The van der Waals surface area contributed by atoms with Crippen molar-refractivity contribution in [1.82, 2.24) is 5.32 Å². The Kier molecular flexibility index (Phi) is 5.63. The maximum atomic E-state index is 12.6. The first-order valence-corrected chi connectivity index (χ1v) is 11.3. The number of ether oxygens (including phenoxy) is 2. The predicted octanol–water partition coefficient (Wildman–Crippen LogP) is 4.69. The van der Waals surface area contributed by atoms with Crippen molar-refractivity contribution in [2.75, 3.05) is 20.3 Å². The van der Waals surface area contributed by atoms with Gasteiger partial charge in [-0.1, -0.05) is 48.5 Å². The summed E-state index contributed by atoms with van der Waals surface area (Å²) in [5, 5.41) is 3.08. The SMILES string of the molecule is COc1cc(C(C)=O)ccc1OCC(=O)NCC1CC2c3ccccc3C1c1ccccc12. The molecule has 0 aliphatic heterocycles. The van der Waals surface area contributed by atoms with Gasteiger partial charge >= 0.3 is 0 Å². The fourth-order valence-corrected chi connectivity index (χ4v) is 5.40. The Labute approximate surface area is 193 Å². The molecule has 0 radical (unpaired) electrons. The van der Waals surface area contributed by atoms with Crippen LogP contribution in [0.4, 0.5) is 0 Å². The number of nitrogens with one attached hydrogen (secondary N) is 1. The molecule has 5 heteroatoms. The first kappa shape index (κ1) is 21.3. The minimum absolute atomic E-state index is 0.0532. The molecule has 0 fully saturated rings. The molecule has 33 heavy (non-hydrogen) atoms. The molecule has 0 saturated heterocycles. The van der Waals surface area contributed by atoms with Gasteiger partial charge in [0.1, 0.15) is 0 Å². The van der Waals surface area contributed by atoms with E-state index in [1.54, 1.807) is 18.2 Å². The minimum atomic E-state index is -0.171. The first-order valence-electron chi connectivity index (χ1n) is 11.3. The highest BCUT2D eigenvalue weighted by molar-refractivity contribution is 5.94. The van der Waals surface area contributed by atoms with E-state index in [-0.39, 0.29) is 18.3 Å². The molecule has 1 unspecified atom stereocenters. The van der Waals surface area contributed by atoms with Crippen LogP contribution in [0, 0.1) is 5.92 Å². The summed E-state index contributed by atoms with van der Waals surface area (Å²) in [5.74, 6) is 1.67. The largest absolute Gasteiger partial charge is 0.493 e. The van der Waals surface area contributed by atoms with Gasteiger partial charge in [-0.2, -0.15) is 0 Å². The van der Waals surface area contributed by atoms with E-state index in [0.717, 1.165) is 6.42 Å². The van der Waals surface area contributed by atoms with Gasteiger partial charge in [-0.3, -0.25) is 9.59 Å². The molecule has 2 bridgehead atoms. The molecule has 1 amide bonds. The standard InChI is InChI=1S/C28H27NO4/c1-17(30)18-11-12-25(26(14-18)32-2)33-16-27(31)29-15-19-13-24-20-7-3-5-9-22(20)28(19)23-10-6-4-8-21(23)24/h3-12,14,19,24,28H,13,15-16H2,1-2H3,(H,29,31). The zero-order chi connectivity index (χ0) is 22.9. The topological polar surface area (TPSA) is 64.6 Å². The molecule has 5 nitrogen and oxygen atoms in total. The van der Waals surface area contributed by atoms with Crippen LogP contribution in [0.1, 0.15) is 57.8 Å². The van der Waals surface area contributed by atoms with Gasteiger partial charge in [0.15, 0.2) is 23.9 Å². The molecule has 1 atom stereocenters. The van der Waals surface area contributed by atoms with Crippen LogP contribution < -0.4 is 14.8 Å². The second kappa shape index (κ2) is 8.74. The Morgan fingerprint density at radius 2 is 1.55 bits per heavy atom. The number of fused-ring (bicyclic) bond motifs is 1. The summed E-state index contributed by atoms with van der Waals surface area (Å²) in [6.07, 6.45) is 1.03. The maximum Gasteiger partial charge on any atom is 0.257 e. The van der Waals surface area contributed by atoms with Gasteiger partial charge in [-0.05, 0) is 59.7 Å². The average Bonchev–Trinajstić information content (AvgIpc) is 2.86. The number of ketones is 1. The van der Waals surface area contributed by atoms with Gasteiger partial charge in [0.05, 0.1) is 7.11 Å². The number of benzene rings is 3.